The summed E-state index contributed by atoms with van der Waals surface area (Å²) in [5.74, 6) is 0.00686. The number of hydrogen-bond donors (Lipinski definition) is 0. The van der Waals surface area contributed by atoms with Crippen LogP contribution in [0.15, 0.2) is 53.1 Å². The molecule has 1 aromatic heterocycles. The molecule has 0 radical (unpaired) electrons. The van der Waals surface area contributed by atoms with Crippen LogP contribution in [0, 0.1) is 23.0 Å². The van der Waals surface area contributed by atoms with Gasteiger partial charge in [-0.2, -0.15) is 0 Å². The van der Waals surface area contributed by atoms with Crippen LogP contribution in [0.3, 0.4) is 0 Å². The molecule has 0 bridgehead atoms. The van der Waals surface area contributed by atoms with Gasteiger partial charge < -0.3 is 0 Å². The van der Waals surface area contributed by atoms with E-state index in [2.05, 4.69) is 20.9 Å². The molecule has 5 heteroatoms. The molecule has 1 atom stereocenters. The van der Waals surface area contributed by atoms with Crippen LogP contribution in [0.2, 0.25) is 0 Å². The number of Topliss-reactive ketones (excluding diaryl/α,β-unsaturated/α-hetero) is 1. The Balaban J connectivity index is 1.27. The second kappa shape index (κ2) is 7.52. The average Bonchev–Trinajstić information content (AvgIpc) is 3.44. The Kier molecular flexibility index (Phi) is 4.97. The van der Waals surface area contributed by atoms with Gasteiger partial charge in [0.05, 0.1) is 5.52 Å². The average molecular weight is 470 g/mol. The van der Waals surface area contributed by atoms with Crippen molar-refractivity contribution in [2.24, 2.45) is 11.3 Å². The van der Waals surface area contributed by atoms with E-state index in [0.29, 0.717) is 16.0 Å². The van der Waals surface area contributed by atoms with Crippen LogP contribution in [0.5, 0.6) is 0 Å². The van der Waals surface area contributed by atoms with Gasteiger partial charge in [-0.1, -0.05) is 22.0 Å². The summed E-state index contributed by atoms with van der Waals surface area (Å²) in [5, 5.41) is 0.896. The molecule has 0 unspecified atom stereocenters. The first kappa shape index (κ1) is 19.8. The summed E-state index contributed by atoms with van der Waals surface area (Å²) in [4.78, 5) is 17.2. The van der Waals surface area contributed by atoms with Gasteiger partial charge in [-0.3, -0.25) is 9.78 Å². The minimum absolute atomic E-state index is 0.0492. The lowest BCUT2D eigenvalue weighted by molar-refractivity contribution is -0.120. The molecule has 0 saturated heterocycles. The number of halogens is 3. The van der Waals surface area contributed by atoms with E-state index in [1.54, 1.807) is 30.5 Å². The van der Waals surface area contributed by atoms with E-state index >= 15 is 0 Å². The summed E-state index contributed by atoms with van der Waals surface area (Å²) in [7, 11) is 0. The van der Waals surface area contributed by atoms with Gasteiger partial charge in [0.15, 0.2) is 0 Å². The third-order valence-electron chi connectivity index (χ3n) is 7.12. The first-order chi connectivity index (χ1) is 14.4. The van der Waals surface area contributed by atoms with Crippen LogP contribution in [0.4, 0.5) is 8.78 Å². The van der Waals surface area contributed by atoms with Crippen molar-refractivity contribution >= 4 is 32.6 Å². The number of benzene rings is 2. The van der Waals surface area contributed by atoms with Crippen molar-refractivity contribution in [3.8, 4) is 0 Å². The van der Waals surface area contributed by atoms with Gasteiger partial charge in [0.1, 0.15) is 17.4 Å². The minimum Gasteiger partial charge on any atom is -0.299 e. The topological polar surface area (TPSA) is 30.0 Å². The van der Waals surface area contributed by atoms with E-state index in [1.807, 2.05) is 6.07 Å². The van der Waals surface area contributed by atoms with Gasteiger partial charge in [-0.15, -0.1) is 0 Å². The molecule has 5 rings (SSSR count). The SMILES string of the molecule is O=C(Cc1ccc(Br)cc1F)[C@H]1CC12CCC(c1ccnc3ccc(F)cc13)CC2. The lowest BCUT2D eigenvalue weighted by Crippen LogP contribution is -2.20. The highest BCUT2D eigenvalue weighted by Crippen LogP contribution is 2.63. The summed E-state index contributed by atoms with van der Waals surface area (Å²) in [6, 6.07) is 11.7. The number of hydrogen-bond acceptors (Lipinski definition) is 2. The normalized spacial score (nSPS) is 25.6. The van der Waals surface area contributed by atoms with Crippen LogP contribution >= 0.6 is 15.9 Å². The fraction of sp³-hybridized carbons (Fsp3) is 0.360. The maximum Gasteiger partial charge on any atom is 0.141 e. The van der Waals surface area contributed by atoms with Gasteiger partial charge in [-0.25, -0.2) is 8.78 Å². The molecule has 154 valence electrons. The van der Waals surface area contributed by atoms with Gasteiger partial charge in [0.25, 0.3) is 0 Å². The van der Waals surface area contributed by atoms with Crippen molar-refractivity contribution in [3.63, 3.8) is 0 Å². The van der Waals surface area contributed by atoms with Crippen LogP contribution in [0.1, 0.15) is 49.1 Å². The van der Waals surface area contributed by atoms with E-state index in [-0.39, 0.29) is 35.2 Å². The molecule has 1 spiro atoms. The monoisotopic (exact) mass is 469 g/mol. The largest absolute Gasteiger partial charge is 0.299 e. The van der Waals surface area contributed by atoms with Crippen LogP contribution in [0.25, 0.3) is 10.9 Å². The molecule has 30 heavy (non-hydrogen) atoms. The van der Waals surface area contributed by atoms with Crippen molar-refractivity contribution in [3.05, 3.63) is 75.9 Å². The highest BCUT2D eigenvalue weighted by molar-refractivity contribution is 9.10. The molecule has 2 aliphatic rings. The van der Waals surface area contributed by atoms with E-state index in [1.165, 1.54) is 12.1 Å². The maximum atomic E-state index is 14.1. The summed E-state index contributed by atoms with van der Waals surface area (Å²) >= 11 is 3.26. The van der Waals surface area contributed by atoms with Crippen molar-refractivity contribution in [1.29, 1.82) is 0 Å². The van der Waals surface area contributed by atoms with Crippen molar-refractivity contribution in [2.75, 3.05) is 0 Å². The van der Waals surface area contributed by atoms with Crippen molar-refractivity contribution in [1.82, 2.24) is 4.98 Å². The van der Waals surface area contributed by atoms with Crippen molar-refractivity contribution < 1.29 is 13.6 Å². The van der Waals surface area contributed by atoms with E-state index < -0.39 is 0 Å². The number of ketones is 1. The number of nitrogens with zero attached hydrogens (tertiary/aromatic N) is 1. The fourth-order valence-electron chi connectivity index (χ4n) is 5.33. The number of carbonyl (C=O) groups excluding carboxylic acids is 1. The number of fused-ring (bicyclic) bond motifs is 1. The lowest BCUT2D eigenvalue weighted by Gasteiger charge is -2.30. The zero-order valence-electron chi connectivity index (χ0n) is 16.5. The van der Waals surface area contributed by atoms with Crippen LogP contribution < -0.4 is 0 Å². The van der Waals surface area contributed by atoms with Gasteiger partial charge in [-0.05, 0) is 91.0 Å². The standard InChI is InChI=1S/C25H22BrF2NO/c26-17-2-1-16(22(28)12-17)11-24(30)21-14-25(21)8-5-15(6-9-25)19-7-10-29-23-4-3-18(27)13-20(19)23/h1-4,7,10,12-13,15,21H,5-6,8-9,11,14H2/t15?,21-,25?/m1/s1. The molecule has 2 aromatic carbocycles. The van der Waals surface area contributed by atoms with Crippen LogP contribution in [-0.2, 0) is 11.2 Å². The Labute approximate surface area is 182 Å². The zero-order valence-corrected chi connectivity index (χ0v) is 18.1. The van der Waals surface area contributed by atoms with E-state index in [4.69, 9.17) is 0 Å². The molecular formula is C25H22BrF2NO. The molecule has 0 aliphatic heterocycles. The minimum atomic E-state index is -0.326. The number of carbonyl (C=O) groups is 1. The Bertz CT molecular complexity index is 1140. The predicted molar refractivity (Wildman–Crippen MR) is 116 cm³/mol. The van der Waals surface area contributed by atoms with E-state index in [0.717, 1.165) is 48.6 Å². The summed E-state index contributed by atoms with van der Waals surface area (Å²) in [5.41, 5.74) is 2.55. The molecule has 2 fully saturated rings. The summed E-state index contributed by atoms with van der Waals surface area (Å²) in [6.45, 7) is 0. The summed E-state index contributed by atoms with van der Waals surface area (Å²) in [6.07, 6.45) is 6.87. The maximum absolute atomic E-state index is 14.1. The second-order valence-corrected chi connectivity index (χ2v) is 9.75. The van der Waals surface area contributed by atoms with E-state index in [9.17, 15) is 13.6 Å². The smallest absolute Gasteiger partial charge is 0.141 e. The Morgan fingerprint density at radius 1 is 1.10 bits per heavy atom. The summed E-state index contributed by atoms with van der Waals surface area (Å²) < 4.78 is 28.6. The third-order valence-corrected chi connectivity index (χ3v) is 7.61. The lowest BCUT2D eigenvalue weighted by atomic mass is 9.74. The molecule has 2 aliphatic carbocycles. The fourth-order valence-corrected chi connectivity index (χ4v) is 5.66. The quantitative estimate of drug-likeness (QED) is 0.422. The molecule has 1 heterocycles. The first-order valence-corrected chi connectivity index (χ1v) is 11.3. The van der Waals surface area contributed by atoms with Crippen molar-refractivity contribution in [2.45, 2.75) is 44.4 Å². The highest BCUT2D eigenvalue weighted by Gasteiger charge is 2.57. The highest BCUT2D eigenvalue weighted by atomic mass is 79.9. The Morgan fingerprint density at radius 2 is 1.90 bits per heavy atom. The number of pyridine rings is 1. The van der Waals surface area contributed by atoms with Gasteiger partial charge in [0, 0.05) is 28.4 Å². The molecular weight excluding hydrogens is 448 g/mol. The predicted octanol–water partition coefficient (Wildman–Crippen LogP) is 6.75. The number of aromatic nitrogens is 1. The molecule has 3 aromatic rings. The van der Waals surface area contributed by atoms with Gasteiger partial charge in [0.2, 0.25) is 0 Å². The van der Waals surface area contributed by atoms with Crippen LogP contribution in [-0.4, -0.2) is 10.8 Å². The first-order valence-electron chi connectivity index (χ1n) is 10.5. The molecule has 2 nitrogen and oxygen atoms in total. The number of rotatable bonds is 4. The Morgan fingerprint density at radius 3 is 2.67 bits per heavy atom. The third kappa shape index (κ3) is 3.58. The molecule has 0 N–H and O–H groups in total. The van der Waals surface area contributed by atoms with Gasteiger partial charge >= 0.3 is 0 Å². The molecule has 2 saturated carbocycles. The Hall–Kier alpha value is -2.14. The second-order valence-electron chi connectivity index (χ2n) is 8.83. The zero-order chi connectivity index (χ0) is 20.9. The molecule has 0 amide bonds.